The number of fused-ring (bicyclic) bond motifs is 6. The monoisotopic (exact) mass is 925 g/mol. The van der Waals surface area contributed by atoms with E-state index >= 15 is 0 Å². The van der Waals surface area contributed by atoms with Crippen LogP contribution in [0, 0.1) is 0 Å². The van der Waals surface area contributed by atoms with Gasteiger partial charge in [0.1, 0.15) is 0 Å². The SMILES string of the molecule is CCCCCCCCCCCCC1(CCCCCCCCCCCC)c2ccccc2-c2ccc(-c3ccc(-c4cc(-c5ccc6c(c5)c5ccccc5n6CC)cc(-c5ccccc5)n4)cc3)cc21. The van der Waals surface area contributed by atoms with E-state index in [-0.39, 0.29) is 5.41 Å². The number of nitrogens with zero attached hydrogens (tertiary/aromatic N) is 2. The summed E-state index contributed by atoms with van der Waals surface area (Å²) in [6.45, 7) is 7.81. The van der Waals surface area contributed by atoms with E-state index in [4.69, 9.17) is 4.98 Å². The molecule has 70 heavy (non-hydrogen) atoms. The molecule has 2 heteroatoms. The number of rotatable bonds is 27. The van der Waals surface area contributed by atoms with Crippen molar-refractivity contribution in [1.82, 2.24) is 9.55 Å². The highest BCUT2D eigenvalue weighted by Gasteiger charge is 2.42. The third kappa shape index (κ3) is 11.2. The predicted octanol–water partition coefficient (Wildman–Crippen LogP) is 20.8. The Labute approximate surface area is 422 Å². The van der Waals surface area contributed by atoms with Crippen molar-refractivity contribution < 1.29 is 0 Å². The third-order valence-corrected chi connectivity index (χ3v) is 16.0. The van der Waals surface area contributed by atoms with Gasteiger partial charge in [-0.15, -0.1) is 0 Å². The van der Waals surface area contributed by atoms with E-state index < -0.39 is 0 Å². The molecule has 9 rings (SSSR count). The highest BCUT2D eigenvalue weighted by molar-refractivity contribution is 6.09. The lowest BCUT2D eigenvalue weighted by atomic mass is 9.70. The van der Waals surface area contributed by atoms with Gasteiger partial charge in [0.25, 0.3) is 0 Å². The van der Waals surface area contributed by atoms with Gasteiger partial charge in [0.2, 0.25) is 0 Å². The van der Waals surface area contributed by atoms with Crippen molar-refractivity contribution >= 4 is 21.8 Å². The Hall–Kier alpha value is -5.73. The van der Waals surface area contributed by atoms with E-state index in [0.717, 1.165) is 29.1 Å². The molecule has 2 heterocycles. The van der Waals surface area contributed by atoms with Crippen molar-refractivity contribution in [3.8, 4) is 55.9 Å². The Morgan fingerprint density at radius 3 is 1.44 bits per heavy atom. The normalized spacial score (nSPS) is 12.8. The second kappa shape index (κ2) is 24.4. The number of unbranched alkanes of at least 4 members (excludes halogenated alkanes) is 18. The van der Waals surface area contributed by atoms with E-state index in [1.165, 1.54) is 196 Å². The highest BCUT2D eigenvalue weighted by atomic mass is 15.0. The molecule has 0 bridgehead atoms. The molecule has 0 atom stereocenters. The summed E-state index contributed by atoms with van der Waals surface area (Å²) in [5.74, 6) is 0. The number of hydrogen-bond donors (Lipinski definition) is 0. The molecule has 0 unspecified atom stereocenters. The molecule has 0 N–H and O–H groups in total. The number of benzene rings is 6. The average molecular weight is 925 g/mol. The van der Waals surface area contributed by atoms with Crippen LogP contribution >= 0.6 is 0 Å². The van der Waals surface area contributed by atoms with Crippen molar-refractivity contribution in [2.24, 2.45) is 0 Å². The molecule has 362 valence electrons. The maximum absolute atomic E-state index is 5.35. The van der Waals surface area contributed by atoms with Gasteiger partial charge in [0, 0.05) is 44.9 Å². The molecule has 0 spiro atoms. The van der Waals surface area contributed by atoms with E-state index in [9.17, 15) is 0 Å². The number of aryl methyl sites for hydroxylation is 1. The first-order chi connectivity index (χ1) is 34.6. The summed E-state index contributed by atoms with van der Waals surface area (Å²) in [5.41, 5.74) is 18.0. The number of hydrogen-bond acceptors (Lipinski definition) is 1. The van der Waals surface area contributed by atoms with E-state index in [1.807, 2.05) is 0 Å². The number of pyridine rings is 1. The second-order valence-corrected chi connectivity index (χ2v) is 20.8. The van der Waals surface area contributed by atoms with Crippen LogP contribution < -0.4 is 0 Å². The minimum atomic E-state index is 0.0643. The maximum Gasteiger partial charge on any atom is 0.0715 e. The van der Waals surface area contributed by atoms with Gasteiger partial charge in [0.15, 0.2) is 0 Å². The zero-order chi connectivity index (χ0) is 48.0. The standard InChI is InChI=1S/C68H80N2/c1-4-7-9-11-13-15-17-19-21-30-46-68(47-31-22-20-18-16-14-12-10-8-5-2)62-36-28-26-34-58(62)59-44-42-56(49-63(59)68)52-38-40-54(41-39-52)65-51-57(50-64(69-65)53-32-24-23-25-33-53)55-43-45-67-61(48-55)60-35-27-29-37-66(60)70(67)6-3/h23-29,32-45,48-51H,4-22,30-31,46-47H2,1-3H3. The minimum absolute atomic E-state index is 0.0643. The lowest BCUT2D eigenvalue weighted by Crippen LogP contribution is -2.25. The van der Waals surface area contributed by atoms with Gasteiger partial charge >= 0.3 is 0 Å². The molecule has 2 aromatic heterocycles. The fraction of sp³-hybridized carbons (Fsp3) is 0.397. The Balaban J connectivity index is 0.990. The van der Waals surface area contributed by atoms with Crippen molar-refractivity contribution in [3.05, 3.63) is 163 Å². The lowest BCUT2D eigenvalue weighted by molar-refractivity contribution is 0.397. The fourth-order valence-electron chi connectivity index (χ4n) is 12.1. The zero-order valence-electron chi connectivity index (χ0n) is 43.1. The van der Waals surface area contributed by atoms with E-state index in [1.54, 1.807) is 11.1 Å². The topological polar surface area (TPSA) is 17.8 Å². The number of aromatic nitrogens is 2. The Morgan fingerprint density at radius 2 is 0.814 bits per heavy atom. The van der Waals surface area contributed by atoms with Crippen molar-refractivity contribution in [2.75, 3.05) is 0 Å². The smallest absolute Gasteiger partial charge is 0.0715 e. The second-order valence-electron chi connectivity index (χ2n) is 20.8. The summed E-state index contributed by atoms with van der Waals surface area (Å²) < 4.78 is 2.43. The molecule has 0 aliphatic heterocycles. The first kappa shape index (κ1) is 49.3. The molecule has 2 nitrogen and oxygen atoms in total. The van der Waals surface area contributed by atoms with Crippen molar-refractivity contribution in [2.45, 2.75) is 174 Å². The van der Waals surface area contributed by atoms with Crippen LogP contribution in [0.1, 0.15) is 173 Å². The Morgan fingerprint density at radius 1 is 0.343 bits per heavy atom. The van der Waals surface area contributed by atoms with Crippen LogP contribution in [0.5, 0.6) is 0 Å². The van der Waals surface area contributed by atoms with E-state index in [2.05, 4.69) is 177 Å². The summed E-state index contributed by atoms with van der Waals surface area (Å²) in [4.78, 5) is 5.35. The Bertz CT molecular complexity index is 2870. The molecule has 0 fully saturated rings. The molecular formula is C68H80N2. The van der Waals surface area contributed by atoms with Crippen LogP contribution in [-0.2, 0) is 12.0 Å². The van der Waals surface area contributed by atoms with Gasteiger partial charge in [-0.2, -0.15) is 0 Å². The summed E-state index contributed by atoms with van der Waals surface area (Å²) in [6.07, 6.45) is 30.0. The molecule has 6 aromatic carbocycles. The van der Waals surface area contributed by atoms with Gasteiger partial charge < -0.3 is 4.57 Å². The molecule has 1 aliphatic rings. The number of para-hydroxylation sites is 1. The van der Waals surface area contributed by atoms with Gasteiger partial charge in [-0.25, -0.2) is 4.98 Å². The predicted molar refractivity (Wildman–Crippen MR) is 304 cm³/mol. The van der Waals surface area contributed by atoms with Crippen LogP contribution in [0.25, 0.3) is 77.7 Å². The summed E-state index contributed by atoms with van der Waals surface area (Å²) >= 11 is 0. The van der Waals surface area contributed by atoms with Crippen LogP contribution in [0.3, 0.4) is 0 Å². The van der Waals surface area contributed by atoms with Gasteiger partial charge in [-0.3, -0.25) is 0 Å². The van der Waals surface area contributed by atoms with Crippen LogP contribution in [0.4, 0.5) is 0 Å². The molecule has 0 saturated carbocycles. The summed E-state index contributed by atoms with van der Waals surface area (Å²) in [6, 6.07) is 57.3. The molecule has 0 amide bonds. The molecular weight excluding hydrogens is 845 g/mol. The molecule has 8 aromatic rings. The largest absolute Gasteiger partial charge is 0.341 e. The minimum Gasteiger partial charge on any atom is -0.341 e. The fourth-order valence-corrected chi connectivity index (χ4v) is 12.1. The maximum atomic E-state index is 5.35. The van der Waals surface area contributed by atoms with Crippen LogP contribution in [0.2, 0.25) is 0 Å². The Kier molecular flexibility index (Phi) is 17.2. The van der Waals surface area contributed by atoms with E-state index in [0.29, 0.717) is 0 Å². The summed E-state index contributed by atoms with van der Waals surface area (Å²) in [7, 11) is 0. The molecule has 1 aliphatic carbocycles. The first-order valence-electron chi connectivity index (χ1n) is 28.1. The third-order valence-electron chi connectivity index (χ3n) is 16.0. The molecule has 0 saturated heterocycles. The average Bonchev–Trinajstić information content (AvgIpc) is 3.88. The van der Waals surface area contributed by atoms with Gasteiger partial charge in [-0.05, 0) is 101 Å². The zero-order valence-corrected chi connectivity index (χ0v) is 43.1. The summed E-state index contributed by atoms with van der Waals surface area (Å²) in [5, 5.41) is 2.60. The van der Waals surface area contributed by atoms with Crippen molar-refractivity contribution in [1.29, 1.82) is 0 Å². The quantitative estimate of drug-likeness (QED) is 0.0470. The first-order valence-corrected chi connectivity index (χ1v) is 28.1. The van der Waals surface area contributed by atoms with Crippen LogP contribution in [0.15, 0.2) is 152 Å². The highest BCUT2D eigenvalue weighted by Crippen LogP contribution is 2.55. The lowest BCUT2D eigenvalue weighted by Gasteiger charge is -2.33. The molecule has 0 radical (unpaired) electrons. The van der Waals surface area contributed by atoms with Gasteiger partial charge in [-0.1, -0.05) is 258 Å². The van der Waals surface area contributed by atoms with Crippen molar-refractivity contribution in [3.63, 3.8) is 0 Å². The van der Waals surface area contributed by atoms with Crippen LogP contribution in [-0.4, -0.2) is 9.55 Å². The van der Waals surface area contributed by atoms with Gasteiger partial charge in [0.05, 0.1) is 11.4 Å².